The van der Waals surface area contributed by atoms with Gasteiger partial charge >= 0.3 is 51.4 Å². The Kier molecular flexibility index (Phi) is 15.9. The second-order valence-electron chi connectivity index (χ2n) is 8.43. The van der Waals surface area contributed by atoms with Crippen molar-refractivity contribution < 1.29 is 74.2 Å². The zero-order valence-electron chi connectivity index (χ0n) is 20.2. The second kappa shape index (κ2) is 17.1. The molecule has 5 nitrogen and oxygen atoms in total. The molecule has 33 heavy (non-hydrogen) atoms. The Morgan fingerprint density at radius 2 is 1.30 bits per heavy atom. The van der Waals surface area contributed by atoms with Gasteiger partial charge in [0, 0.05) is 0 Å². The van der Waals surface area contributed by atoms with Crippen LogP contribution in [0.15, 0.2) is 47.4 Å². The van der Waals surface area contributed by atoms with E-state index < -0.39 is 10.1 Å². The van der Waals surface area contributed by atoms with Crippen molar-refractivity contribution in [2.75, 3.05) is 0 Å². The van der Waals surface area contributed by atoms with Crippen molar-refractivity contribution in [2.45, 2.75) is 95.3 Å². The van der Waals surface area contributed by atoms with Crippen LogP contribution in [0.1, 0.15) is 89.5 Å². The number of aryl methyl sites for hydroxylation is 1. The minimum atomic E-state index is -4.26. The standard InChI is InChI=1S/C26H38O5S.K/c1-2-3-4-5-6-7-8-9-10-11-12-13-15-22-16-14-17-25(27)26(22)31-23-18-20-24(21-19-23)32(28,29)30;/h14,16-21,27H,2-13,15H2,1H3,(H,28,29,30);/q;+1/p-1. The van der Waals surface area contributed by atoms with Crippen LogP contribution >= 0.6 is 0 Å². The molecule has 0 amide bonds. The Labute approximate surface area is 242 Å². The van der Waals surface area contributed by atoms with E-state index in [1.54, 1.807) is 6.07 Å². The third-order valence-corrected chi connectivity index (χ3v) is 6.57. The van der Waals surface area contributed by atoms with Crippen LogP contribution in [-0.2, 0) is 16.5 Å². The van der Waals surface area contributed by atoms with Gasteiger partial charge in [-0.1, -0.05) is 102 Å². The molecule has 0 fully saturated rings. The molecule has 7 heteroatoms. The van der Waals surface area contributed by atoms with Crippen LogP contribution in [0.5, 0.6) is 17.2 Å². The predicted molar refractivity (Wildman–Crippen MR) is 127 cm³/mol. The summed E-state index contributed by atoms with van der Waals surface area (Å²) in [5.74, 6) is 0.451. The Bertz CT molecular complexity index is 897. The first kappa shape index (κ1) is 30.6. The van der Waals surface area contributed by atoms with Gasteiger partial charge in [0.2, 0.25) is 0 Å². The van der Waals surface area contributed by atoms with E-state index in [0.29, 0.717) is 5.75 Å². The number of hydrogen-bond donors (Lipinski definition) is 1. The first-order chi connectivity index (χ1) is 15.4. The van der Waals surface area contributed by atoms with Gasteiger partial charge in [0.1, 0.15) is 11.5 Å². The largest absolute Gasteiger partial charge is 1.00 e. The van der Waals surface area contributed by atoms with Crippen molar-refractivity contribution >= 4 is 10.1 Å². The van der Waals surface area contributed by atoms with Crippen molar-refractivity contribution in [3.8, 4) is 17.2 Å². The van der Waals surface area contributed by atoms with Crippen LogP contribution in [-0.4, -0.2) is 13.0 Å². The molecule has 178 valence electrons. The number of benzene rings is 2. The average molecular weight is 501 g/mol. The van der Waals surface area contributed by atoms with Gasteiger partial charge in [0.15, 0.2) is 0 Å². The molecule has 0 unspecified atom stereocenters. The molecular formula is C26H37KO5S. The quantitative estimate of drug-likeness (QED) is 0.213. The smallest absolute Gasteiger partial charge is 0.870 e. The Morgan fingerprint density at radius 1 is 0.788 bits per heavy atom. The summed E-state index contributed by atoms with van der Waals surface area (Å²) in [6, 6.07) is 10.5. The first-order valence-corrected chi connectivity index (χ1v) is 13.4. The minimum Gasteiger partial charge on any atom is -0.870 e. The van der Waals surface area contributed by atoms with E-state index in [0.717, 1.165) is 24.8 Å². The fourth-order valence-electron chi connectivity index (χ4n) is 3.83. The molecule has 0 heterocycles. The molecule has 2 rings (SSSR count). The van der Waals surface area contributed by atoms with Gasteiger partial charge in [-0.25, -0.2) is 0 Å². The molecule has 1 N–H and O–H groups in total. The molecule has 0 bridgehead atoms. The van der Waals surface area contributed by atoms with Crippen molar-refractivity contribution in [2.24, 2.45) is 0 Å². The minimum absolute atomic E-state index is 0. The van der Waals surface area contributed by atoms with E-state index in [-0.39, 0.29) is 67.8 Å². The summed E-state index contributed by atoms with van der Waals surface area (Å²) in [5, 5.41) is 12.3. The average Bonchev–Trinajstić information content (AvgIpc) is 2.76. The fourth-order valence-corrected chi connectivity index (χ4v) is 4.31. The van der Waals surface area contributed by atoms with E-state index in [2.05, 4.69) is 6.92 Å². The molecule has 0 saturated heterocycles. The molecule has 2 aromatic rings. The summed E-state index contributed by atoms with van der Waals surface area (Å²) in [6.07, 6.45) is 16.1. The molecule has 2 aromatic carbocycles. The van der Waals surface area contributed by atoms with Crippen molar-refractivity contribution in [1.82, 2.24) is 0 Å². The van der Waals surface area contributed by atoms with E-state index in [9.17, 15) is 13.5 Å². The van der Waals surface area contributed by atoms with Gasteiger partial charge in [-0.2, -0.15) is 8.42 Å². The third kappa shape index (κ3) is 12.2. The summed E-state index contributed by atoms with van der Waals surface area (Å²) in [5.41, 5.74) is 0.864. The molecule has 0 spiro atoms. The fraction of sp³-hybridized carbons (Fsp3) is 0.538. The summed E-state index contributed by atoms with van der Waals surface area (Å²) < 4.78 is 37.2. The van der Waals surface area contributed by atoms with Crippen molar-refractivity contribution in [1.29, 1.82) is 0 Å². The zero-order valence-corrected chi connectivity index (χ0v) is 24.2. The predicted octanol–water partition coefficient (Wildman–Crippen LogP) is 4.05. The molecular weight excluding hydrogens is 463 g/mol. The van der Waals surface area contributed by atoms with Crippen LogP contribution in [0.3, 0.4) is 0 Å². The molecule has 0 radical (unpaired) electrons. The van der Waals surface area contributed by atoms with Crippen LogP contribution in [0.4, 0.5) is 0 Å². The molecule has 0 saturated carbocycles. The van der Waals surface area contributed by atoms with Gasteiger partial charge in [0.25, 0.3) is 10.1 Å². The van der Waals surface area contributed by atoms with E-state index in [1.165, 1.54) is 94.5 Å². The van der Waals surface area contributed by atoms with E-state index in [1.807, 2.05) is 6.07 Å². The van der Waals surface area contributed by atoms with E-state index >= 15 is 0 Å². The van der Waals surface area contributed by atoms with Crippen molar-refractivity contribution in [3.63, 3.8) is 0 Å². The maximum Gasteiger partial charge on any atom is 1.00 e. The third-order valence-electron chi connectivity index (χ3n) is 5.70. The Morgan fingerprint density at radius 3 is 1.82 bits per heavy atom. The van der Waals surface area contributed by atoms with Crippen LogP contribution in [0.2, 0.25) is 0 Å². The number of ether oxygens (including phenoxy) is 1. The number of unbranched alkanes of at least 4 members (excludes halogenated alkanes) is 11. The van der Waals surface area contributed by atoms with E-state index in [4.69, 9.17) is 9.29 Å². The van der Waals surface area contributed by atoms with Crippen LogP contribution < -0.4 is 61.2 Å². The summed E-state index contributed by atoms with van der Waals surface area (Å²) >= 11 is 0. The van der Waals surface area contributed by atoms with Crippen molar-refractivity contribution in [3.05, 3.63) is 48.0 Å². The maximum absolute atomic E-state index is 12.3. The topological polar surface area (TPSA) is 86.7 Å². The van der Waals surface area contributed by atoms with Gasteiger partial charge in [-0.05, 0) is 42.7 Å². The zero-order chi connectivity index (χ0) is 23.2. The van der Waals surface area contributed by atoms with Crippen LogP contribution in [0.25, 0.3) is 0 Å². The first-order valence-electron chi connectivity index (χ1n) is 12.0. The maximum atomic E-state index is 12.3. The van der Waals surface area contributed by atoms with Gasteiger partial charge in [-0.3, -0.25) is 4.55 Å². The normalized spacial score (nSPS) is 11.2. The second-order valence-corrected chi connectivity index (χ2v) is 9.85. The Balaban J connectivity index is 0.00000544. The van der Waals surface area contributed by atoms with Gasteiger partial charge in [0.05, 0.1) is 4.90 Å². The summed E-state index contributed by atoms with van der Waals surface area (Å²) in [4.78, 5) is -0.211. The molecule has 0 aromatic heterocycles. The number of hydrogen-bond acceptors (Lipinski definition) is 4. The van der Waals surface area contributed by atoms with Gasteiger partial charge < -0.3 is 9.84 Å². The molecule has 0 aliphatic carbocycles. The summed E-state index contributed by atoms with van der Waals surface area (Å²) in [7, 11) is -4.26. The van der Waals surface area contributed by atoms with Crippen LogP contribution in [0, 0.1) is 0 Å². The molecule has 0 aliphatic rings. The molecule has 0 atom stereocenters. The Hall–Kier alpha value is -0.414. The molecule has 0 aliphatic heterocycles. The monoisotopic (exact) mass is 500 g/mol. The summed E-state index contributed by atoms with van der Waals surface area (Å²) in [6.45, 7) is 2.25. The number of para-hydroxylation sites is 1. The van der Waals surface area contributed by atoms with Gasteiger partial charge in [-0.15, -0.1) is 0 Å². The SMILES string of the molecule is CCCCCCCCCCCCCCc1cccc([O-])c1Oc1ccc(S(=O)(=O)O)cc1.[K+]. The number of rotatable bonds is 16.